The van der Waals surface area contributed by atoms with Crippen molar-refractivity contribution in [2.24, 2.45) is 5.10 Å². The first-order valence-corrected chi connectivity index (χ1v) is 11.6. The minimum Gasteiger partial charge on any atom is -0.497 e. The molecule has 0 bridgehead atoms. The van der Waals surface area contributed by atoms with Crippen molar-refractivity contribution in [1.29, 1.82) is 0 Å². The molecule has 3 rings (SSSR count). The third-order valence-electron chi connectivity index (χ3n) is 4.77. The van der Waals surface area contributed by atoms with Crippen molar-refractivity contribution in [3.8, 4) is 17.2 Å². The Morgan fingerprint density at radius 1 is 1.00 bits per heavy atom. The summed E-state index contributed by atoms with van der Waals surface area (Å²) in [7, 11) is 1.54. The molecule has 8 nitrogen and oxygen atoms in total. The summed E-state index contributed by atoms with van der Waals surface area (Å²) >= 11 is 3.52. The summed E-state index contributed by atoms with van der Waals surface area (Å²) in [4.78, 5) is 24.2. The quantitative estimate of drug-likeness (QED) is 0.230. The number of amides is 2. The minimum atomic E-state index is -0.904. The Bertz CT molecular complexity index is 1190. The molecule has 0 aliphatic heterocycles. The van der Waals surface area contributed by atoms with Gasteiger partial charge in [0, 0.05) is 5.69 Å². The highest BCUT2D eigenvalue weighted by molar-refractivity contribution is 9.10. The monoisotopic (exact) mass is 539 g/mol. The number of carbonyl (C=O) groups is 2. The molecule has 2 N–H and O–H groups in total. The highest BCUT2D eigenvalue weighted by Gasteiger charge is 2.14. The first-order chi connectivity index (χ1) is 16.9. The Morgan fingerprint density at radius 2 is 1.71 bits per heavy atom. The third kappa shape index (κ3) is 7.58. The van der Waals surface area contributed by atoms with E-state index in [4.69, 9.17) is 14.2 Å². The first kappa shape index (κ1) is 25.8. The molecule has 0 fully saturated rings. The molecule has 2 amide bonds. The molecule has 35 heavy (non-hydrogen) atoms. The number of methoxy groups -OCH3 is 1. The highest BCUT2D eigenvalue weighted by atomic mass is 79.9. The van der Waals surface area contributed by atoms with Crippen LogP contribution in [-0.4, -0.2) is 31.7 Å². The molecular weight excluding hydrogens is 514 g/mol. The van der Waals surface area contributed by atoms with E-state index in [0.29, 0.717) is 46.2 Å². The molecule has 0 atom stereocenters. The zero-order valence-electron chi connectivity index (χ0n) is 19.6. The molecule has 0 spiro atoms. The summed E-state index contributed by atoms with van der Waals surface area (Å²) in [5.74, 6) is -0.0183. The lowest BCUT2D eigenvalue weighted by Crippen LogP contribution is -2.32. The van der Waals surface area contributed by atoms with Gasteiger partial charge in [0.1, 0.15) is 12.4 Å². The molecule has 3 aromatic rings. The Kier molecular flexibility index (Phi) is 9.25. The van der Waals surface area contributed by atoms with Gasteiger partial charge in [-0.15, -0.1) is 0 Å². The molecule has 3 aromatic carbocycles. The fourth-order valence-electron chi connectivity index (χ4n) is 2.98. The number of hydrogen-bond donors (Lipinski definition) is 2. The van der Waals surface area contributed by atoms with Gasteiger partial charge in [0.15, 0.2) is 11.5 Å². The largest absolute Gasteiger partial charge is 0.497 e. The van der Waals surface area contributed by atoms with Gasteiger partial charge in [-0.3, -0.25) is 9.59 Å². The van der Waals surface area contributed by atoms with Crippen LogP contribution in [-0.2, 0) is 16.2 Å². The molecule has 0 radical (unpaired) electrons. The summed E-state index contributed by atoms with van der Waals surface area (Å²) in [6.07, 6.45) is 1.41. The van der Waals surface area contributed by atoms with Gasteiger partial charge in [0.05, 0.1) is 24.4 Å². The van der Waals surface area contributed by atoms with Crippen LogP contribution in [0.3, 0.4) is 0 Å². The number of anilines is 1. The van der Waals surface area contributed by atoms with Gasteiger partial charge in [0.25, 0.3) is 0 Å². The minimum absolute atomic E-state index is 0.381. The van der Waals surface area contributed by atoms with Crippen LogP contribution in [0.15, 0.2) is 70.2 Å². The molecule has 0 aliphatic carbocycles. The maximum Gasteiger partial charge on any atom is 0.329 e. The predicted molar refractivity (Wildman–Crippen MR) is 138 cm³/mol. The van der Waals surface area contributed by atoms with E-state index in [0.717, 1.165) is 5.56 Å². The first-order valence-electron chi connectivity index (χ1n) is 10.8. The second-order valence-corrected chi connectivity index (χ2v) is 8.27. The van der Waals surface area contributed by atoms with E-state index in [-0.39, 0.29) is 0 Å². The molecular formula is C26H26BrN3O5. The lowest BCUT2D eigenvalue weighted by Gasteiger charge is -2.15. The second-order valence-electron chi connectivity index (χ2n) is 7.42. The SMILES string of the molecule is CCOc1cc(C=NNC(=O)C(=O)Nc2ccc(OC)cc2)cc(Br)c1OCc1ccc(C)cc1. The number of ether oxygens (including phenoxy) is 3. The van der Waals surface area contributed by atoms with Crippen LogP contribution in [0.25, 0.3) is 0 Å². The van der Waals surface area contributed by atoms with Crippen LogP contribution in [0.1, 0.15) is 23.6 Å². The van der Waals surface area contributed by atoms with Crippen LogP contribution < -0.4 is 25.0 Å². The number of carbonyl (C=O) groups excluding carboxylic acids is 2. The van der Waals surface area contributed by atoms with Crippen molar-refractivity contribution in [3.05, 3.63) is 81.8 Å². The second kappa shape index (κ2) is 12.6. The van der Waals surface area contributed by atoms with E-state index in [9.17, 15) is 9.59 Å². The van der Waals surface area contributed by atoms with E-state index in [1.165, 1.54) is 11.8 Å². The number of nitrogens with one attached hydrogen (secondary N) is 2. The van der Waals surface area contributed by atoms with Gasteiger partial charge in [-0.2, -0.15) is 5.10 Å². The third-order valence-corrected chi connectivity index (χ3v) is 5.36. The van der Waals surface area contributed by atoms with E-state index >= 15 is 0 Å². The van der Waals surface area contributed by atoms with Crippen LogP contribution in [0.5, 0.6) is 17.2 Å². The smallest absolute Gasteiger partial charge is 0.329 e. The van der Waals surface area contributed by atoms with Gasteiger partial charge in [-0.25, -0.2) is 5.43 Å². The van der Waals surface area contributed by atoms with Crippen molar-refractivity contribution >= 4 is 39.6 Å². The van der Waals surface area contributed by atoms with Crippen molar-refractivity contribution < 1.29 is 23.8 Å². The van der Waals surface area contributed by atoms with Crippen molar-refractivity contribution in [2.45, 2.75) is 20.5 Å². The summed E-state index contributed by atoms with van der Waals surface area (Å²) in [6.45, 7) is 4.73. The van der Waals surface area contributed by atoms with E-state index in [1.807, 2.05) is 38.1 Å². The van der Waals surface area contributed by atoms with Crippen LogP contribution >= 0.6 is 15.9 Å². The number of rotatable bonds is 9. The Balaban J connectivity index is 1.62. The van der Waals surface area contributed by atoms with Crippen LogP contribution in [0, 0.1) is 6.92 Å². The normalized spacial score (nSPS) is 10.6. The van der Waals surface area contributed by atoms with Gasteiger partial charge in [-0.05, 0) is 77.3 Å². The Morgan fingerprint density at radius 3 is 2.37 bits per heavy atom. The van der Waals surface area contributed by atoms with Gasteiger partial charge in [0.2, 0.25) is 0 Å². The number of aryl methyl sites for hydroxylation is 1. The van der Waals surface area contributed by atoms with Gasteiger partial charge < -0.3 is 19.5 Å². The summed E-state index contributed by atoms with van der Waals surface area (Å²) in [5.41, 5.74) is 5.53. The van der Waals surface area contributed by atoms with E-state index < -0.39 is 11.8 Å². The van der Waals surface area contributed by atoms with Crippen LogP contribution in [0.2, 0.25) is 0 Å². The zero-order chi connectivity index (χ0) is 25.2. The summed E-state index contributed by atoms with van der Waals surface area (Å²) < 4.78 is 17.5. The van der Waals surface area contributed by atoms with Crippen molar-refractivity contribution in [1.82, 2.24) is 5.43 Å². The molecule has 0 saturated carbocycles. The molecule has 9 heteroatoms. The average molecular weight is 540 g/mol. The van der Waals surface area contributed by atoms with Gasteiger partial charge in [-0.1, -0.05) is 29.8 Å². The van der Waals surface area contributed by atoms with E-state index in [1.54, 1.807) is 43.5 Å². The fraction of sp³-hybridized carbons (Fsp3) is 0.192. The number of halogens is 1. The number of hydrazone groups is 1. The van der Waals surface area contributed by atoms with Gasteiger partial charge >= 0.3 is 11.8 Å². The predicted octanol–water partition coefficient (Wildman–Crippen LogP) is 4.83. The Hall–Kier alpha value is -3.85. The molecule has 0 heterocycles. The van der Waals surface area contributed by atoms with Crippen LogP contribution in [0.4, 0.5) is 5.69 Å². The topological polar surface area (TPSA) is 98.2 Å². The van der Waals surface area contributed by atoms with Crippen molar-refractivity contribution in [3.63, 3.8) is 0 Å². The maximum absolute atomic E-state index is 12.1. The zero-order valence-corrected chi connectivity index (χ0v) is 21.2. The highest BCUT2D eigenvalue weighted by Crippen LogP contribution is 2.37. The standard InChI is InChI=1S/C26H26BrN3O5/c1-4-34-23-14-19(13-22(27)24(23)35-16-18-7-5-17(2)6-8-18)15-28-30-26(32)25(31)29-20-9-11-21(33-3)12-10-20/h5-15H,4,16H2,1-3H3,(H,29,31)(H,30,32). The maximum atomic E-state index is 12.1. The summed E-state index contributed by atoms with van der Waals surface area (Å²) in [5, 5.41) is 6.37. The molecule has 0 aromatic heterocycles. The fourth-order valence-corrected chi connectivity index (χ4v) is 3.56. The molecule has 0 unspecified atom stereocenters. The summed E-state index contributed by atoms with van der Waals surface area (Å²) in [6, 6.07) is 18.2. The molecule has 182 valence electrons. The molecule has 0 saturated heterocycles. The lowest BCUT2D eigenvalue weighted by molar-refractivity contribution is -0.136. The number of nitrogens with zero attached hydrogens (tertiary/aromatic N) is 1. The lowest BCUT2D eigenvalue weighted by atomic mass is 10.2. The average Bonchev–Trinajstić information content (AvgIpc) is 2.85. The molecule has 0 aliphatic rings. The number of benzene rings is 3. The number of hydrogen-bond acceptors (Lipinski definition) is 6. The van der Waals surface area contributed by atoms with E-state index in [2.05, 4.69) is 31.8 Å². The Labute approximate surface area is 212 Å². The van der Waals surface area contributed by atoms with Crippen molar-refractivity contribution in [2.75, 3.05) is 19.0 Å².